The van der Waals surface area contributed by atoms with Crippen molar-refractivity contribution in [1.29, 1.82) is 0 Å². The molecule has 0 unspecified atom stereocenters. The molecule has 0 atom stereocenters. The molecule has 0 saturated carbocycles. The molecule has 0 aliphatic carbocycles. The molecule has 64 heavy (non-hydrogen) atoms. The zero-order valence-corrected chi connectivity index (χ0v) is 35.9. The molecule has 0 aliphatic heterocycles. The van der Waals surface area contributed by atoms with Crippen molar-refractivity contribution < 1.29 is 4.42 Å². The van der Waals surface area contributed by atoms with Crippen molar-refractivity contribution in [1.82, 2.24) is 9.13 Å². The Hall–Kier alpha value is -8.18. The molecule has 300 valence electrons. The molecule has 13 aromatic rings. The van der Waals surface area contributed by atoms with E-state index in [4.69, 9.17) is 4.42 Å². The monoisotopic (exact) mass is 832 g/mol. The second-order valence-corrected chi connectivity index (χ2v) is 20.5. The van der Waals surface area contributed by atoms with Crippen molar-refractivity contribution in [3.8, 4) is 22.5 Å². The van der Waals surface area contributed by atoms with Gasteiger partial charge >= 0.3 is 0 Å². The number of fused-ring (bicyclic) bond motifs is 9. The van der Waals surface area contributed by atoms with E-state index in [-0.39, 0.29) is 0 Å². The van der Waals surface area contributed by atoms with E-state index in [1.807, 2.05) is 0 Å². The third-order valence-corrected chi connectivity index (χ3v) is 18.3. The summed E-state index contributed by atoms with van der Waals surface area (Å²) >= 11 is 0. The predicted molar refractivity (Wildman–Crippen MR) is 271 cm³/mol. The zero-order chi connectivity index (χ0) is 42.2. The standard InChI is InChI=1S/C60H40N2OSi/c1-4-21-41(22-5-1)64(42-23-6-2-7-24-42,43-25-8-3-9-26-43)57-40-17-16-37-54(57)62-53-36-15-12-29-46(53)48-31-18-32-49(59(48)62)47-30-20-39-56-58(47)50-33-19-38-55(60(50)63-56)61-51-34-13-10-27-44(51)45-28-11-14-35-52(45)61/h1-40H. The van der Waals surface area contributed by atoms with Crippen molar-refractivity contribution in [2.24, 2.45) is 0 Å². The molecule has 3 aromatic heterocycles. The minimum absolute atomic E-state index is 0.865. The highest BCUT2D eigenvalue weighted by atomic mass is 28.3. The van der Waals surface area contributed by atoms with Gasteiger partial charge in [0.15, 0.2) is 13.7 Å². The molecule has 0 aliphatic rings. The van der Waals surface area contributed by atoms with Gasteiger partial charge in [0.05, 0.1) is 27.8 Å². The van der Waals surface area contributed by atoms with Crippen LogP contribution in [-0.4, -0.2) is 17.2 Å². The summed E-state index contributed by atoms with van der Waals surface area (Å²) in [5.74, 6) is 0. The number of hydrogen-bond acceptors (Lipinski definition) is 1. The van der Waals surface area contributed by atoms with E-state index < -0.39 is 8.07 Å². The van der Waals surface area contributed by atoms with Crippen LogP contribution in [0.25, 0.3) is 88.1 Å². The van der Waals surface area contributed by atoms with E-state index in [2.05, 4.69) is 252 Å². The van der Waals surface area contributed by atoms with Gasteiger partial charge in [-0.1, -0.05) is 206 Å². The number of hydrogen-bond donors (Lipinski definition) is 0. The first-order valence-electron chi connectivity index (χ1n) is 22.0. The maximum Gasteiger partial charge on any atom is 0.181 e. The average molecular weight is 833 g/mol. The predicted octanol–water partition coefficient (Wildman–Crippen LogP) is 12.8. The highest BCUT2D eigenvalue weighted by Gasteiger charge is 2.43. The summed E-state index contributed by atoms with van der Waals surface area (Å²) in [4.78, 5) is 0. The third kappa shape index (κ3) is 5.21. The molecule has 0 N–H and O–H groups in total. The molecule has 3 nitrogen and oxygen atoms in total. The van der Waals surface area contributed by atoms with E-state index >= 15 is 0 Å². The van der Waals surface area contributed by atoms with E-state index in [0.717, 1.165) is 49.8 Å². The smallest absolute Gasteiger partial charge is 0.181 e. The number of furan rings is 1. The van der Waals surface area contributed by atoms with Gasteiger partial charge in [-0.3, -0.25) is 0 Å². The summed E-state index contributed by atoms with van der Waals surface area (Å²) in [7, 11) is -2.95. The van der Waals surface area contributed by atoms with Gasteiger partial charge in [-0.25, -0.2) is 0 Å². The van der Waals surface area contributed by atoms with Gasteiger partial charge in [-0.15, -0.1) is 0 Å². The van der Waals surface area contributed by atoms with E-state index in [1.54, 1.807) is 0 Å². The van der Waals surface area contributed by atoms with Crippen LogP contribution in [-0.2, 0) is 0 Å². The SMILES string of the molecule is c1ccc([Si](c2ccccc2)(c2ccccc2)c2ccccc2-n2c3ccccc3c3cccc(-c4cccc5oc6c(-n7c8ccccc8c8ccccc87)cccc6c45)c32)cc1. The first kappa shape index (κ1) is 36.5. The minimum Gasteiger partial charge on any atom is -0.454 e. The lowest BCUT2D eigenvalue weighted by molar-refractivity contribution is 0.666. The van der Waals surface area contributed by atoms with Crippen LogP contribution in [0.2, 0.25) is 0 Å². The van der Waals surface area contributed by atoms with Crippen LogP contribution in [0, 0.1) is 0 Å². The van der Waals surface area contributed by atoms with Gasteiger partial charge in [0.2, 0.25) is 0 Å². The van der Waals surface area contributed by atoms with Gasteiger partial charge < -0.3 is 13.6 Å². The molecule has 0 saturated heterocycles. The highest BCUT2D eigenvalue weighted by molar-refractivity contribution is 7.20. The fourth-order valence-corrected chi connectivity index (χ4v) is 15.9. The first-order chi connectivity index (χ1) is 31.8. The molecule has 0 fully saturated rings. The molecule has 0 amide bonds. The van der Waals surface area contributed by atoms with Gasteiger partial charge in [-0.2, -0.15) is 0 Å². The van der Waals surface area contributed by atoms with Crippen LogP contribution in [0.3, 0.4) is 0 Å². The Balaban J connectivity index is 1.13. The van der Waals surface area contributed by atoms with Crippen LogP contribution in [0.4, 0.5) is 0 Å². The summed E-state index contributed by atoms with van der Waals surface area (Å²) in [5, 5.41) is 12.4. The Morgan fingerprint density at radius 1 is 0.312 bits per heavy atom. The summed E-state index contributed by atoms with van der Waals surface area (Å²) in [6.07, 6.45) is 0. The van der Waals surface area contributed by atoms with Crippen molar-refractivity contribution >= 4 is 94.4 Å². The van der Waals surface area contributed by atoms with Crippen molar-refractivity contribution in [2.45, 2.75) is 0 Å². The van der Waals surface area contributed by atoms with Gasteiger partial charge in [0, 0.05) is 43.6 Å². The fraction of sp³-hybridized carbons (Fsp3) is 0. The fourth-order valence-electron chi connectivity index (χ4n) is 10.9. The topological polar surface area (TPSA) is 23.0 Å². The molecule has 4 heteroatoms. The summed E-state index contributed by atoms with van der Waals surface area (Å²) in [6, 6.07) is 89.1. The van der Waals surface area contributed by atoms with Crippen molar-refractivity contribution in [3.05, 3.63) is 243 Å². The average Bonchev–Trinajstić information content (AvgIpc) is 4.04. The molecular weight excluding hydrogens is 793 g/mol. The lowest BCUT2D eigenvalue weighted by atomic mass is 9.97. The number of para-hydroxylation sites is 6. The Kier molecular flexibility index (Phi) is 8.23. The lowest BCUT2D eigenvalue weighted by Crippen LogP contribution is -2.75. The minimum atomic E-state index is -2.95. The van der Waals surface area contributed by atoms with E-state index in [1.165, 1.54) is 59.0 Å². The molecule has 0 spiro atoms. The van der Waals surface area contributed by atoms with Crippen LogP contribution in [0.1, 0.15) is 0 Å². The number of nitrogens with zero attached hydrogens (tertiary/aromatic N) is 2. The van der Waals surface area contributed by atoms with Crippen molar-refractivity contribution in [2.75, 3.05) is 0 Å². The molecule has 13 rings (SSSR count). The molecule has 3 heterocycles. The van der Waals surface area contributed by atoms with Gasteiger partial charge in [-0.05, 0) is 62.7 Å². The maximum absolute atomic E-state index is 7.04. The Labute approximate surface area is 371 Å². The number of rotatable bonds is 7. The number of aromatic nitrogens is 2. The normalized spacial score (nSPS) is 12.1. The molecular formula is C60H40N2OSi. The number of benzene rings is 10. The van der Waals surface area contributed by atoms with Crippen LogP contribution < -0.4 is 20.7 Å². The molecule has 0 radical (unpaired) electrons. The second kappa shape index (κ2) is 14.5. The summed E-state index contributed by atoms with van der Waals surface area (Å²) < 4.78 is 12.0. The molecule has 10 aromatic carbocycles. The lowest BCUT2D eigenvalue weighted by Gasteiger charge is -2.36. The largest absolute Gasteiger partial charge is 0.454 e. The van der Waals surface area contributed by atoms with Gasteiger partial charge in [0.1, 0.15) is 5.58 Å². The zero-order valence-electron chi connectivity index (χ0n) is 34.9. The summed E-state index contributed by atoms with van der Waals surface area (Å²) in [6.45, 7) is 0. The maximum atomic E-state index is 7.04. The van der Waals surface area contributed by atoms with Gasteiger partial charge in [0.25, 0.3) is 0 Å². The Bertz CT molecular complexity index is 3750. The van der Waals surface area contributed by atoms with E-state index in [0.29, 0.717) is 0 Å². The second-order valence-electron chi connectivity index (χ2n) is 16.7. The van der Waals surface area contributed by atoms with Crippen LogP contribution in [0.15, 0.2) is 247 Å². The first-order valence-corrected chi connectivity index (χ1v) is 24.0. The Morgan fingerprint density at radius 2 is 0.750 bits per heavy atom. The van der Waals surface area contributed by atoms with Crippen molar-refractivity contribution in [3.63, 3.8) is 0 Å². The quantitative estimate of drug-likeness (QED) is 0.116. The van der Waals surface area contributed by atoms with E-state index in [9.17, 15) is 0 Å². The highest BCUT2D eigenvalue weighted by Crippen LogP contribution is 2.44. The van der Waals surface area contributed by atoms with Crippen LogP contribution >= 0.6 is 0 Å². The molecule has 0 bridgehead atoms. The van der Waals surface area contributed by atoms with Crippen LogP contribution in [0.5, 0.6) is 0 Å². The Morgan fingerprint density at radius 3 is 1.38 bits per heavy atom. The summed E-state index contributed by atoms with van der Waals surface area (Å²) in [5.41, 5.74) is 10.9. The third-order valence-electron chi connectivity index (χ3n) is 13.5.